The van der Waals surface area contributed by atoms with Crippen LogP contribution < -0.4 is 0 Å². The van der Waals surface area contributed by atoms with Gasteiger partial charge in [0.25, 0.3) is 0 Å². The van der Waals surface area contributed by atoms with Gasteiger partial charge in [0, 0.05) is 6.54 Å². The molecule has 0 atom stereocenters. The minimum absolute atomic E-state index is 0.297. The van der Waals surface area contributed by atoms with Crippen molar-refractivity contribution in [2.45, 2.75) is 26.3 Å². The Kier molecular flexibility index (Phi) is 2.41. The Morgan fingerprint density at radius 2 is 2.50 bits per heavy atom. The molecule has 0 bridgehead atoms. The maximum absolute atomic E-state index is 11.5. The molecule has 1 aromatic rings. The zero-order chi connectivity index (χ0) is 10.1. The highest BCUT2D eigenvalue weighted by atomic mass is 32.1. The molecule has 1 N–H and O–H groups in total. The molecule has 0 spiro atoms. The maximum Gasteiger partial charge on any atom is 0.356 e. The zero-order valence-electron chi connectivity index (χ0n) is 8.00. The zero-order valence-corrected chi connectivity index (χ0v) is 8.82. The molecule has 14 heavy (non-hydrogen) atoms. The molecule has 5 heteroatoms. The van der Waals surface area contributed by atoms with Crippen molar-refractivity contribution in [1.82, 2.24) is 9.55 Å². The number of hydrogen-bond donors (Lipinski definition) is 1. The number of carbonyl (C=O) groups excluding carboxylic acids is 1. The number of rotatable bonds is 2. The van der Waals surface area contributed by atoms with Crippen molar-refractivity contribution < 1.29 is 9.53 Å². The van der Waals surface area contributed by atoms with Gasteiger partial charge in [0.2, 0.25) is 0 Å². The van der Waals surface area contributed by atoms with Crippen molar-refractivity contribution in [3.05, 3.63) is 16.2 Å². The minimum Gasteiger partial charge on any atom is -0.461 e. The van der Waals surface area contributed by atoms with E-state index in [4.69, 9.17) is 17.0 Å². The van der Waals surface area contributed by atoms with Crippen molar-refractivity contribution in [3.8, 4) is 0 Å². The van der Waals surface area contributed by atoms with Crippen molar-refractivity contribution >= 4 is 18.2 Å². The molecular formula is C9H12N2O2S. The standard InChI is InChI=1S/C9H12N2O2S/c1-2-13-8(12)7-6-4-3-5-11(6)9(14)10-7/h2-5H2,1H3,(H,10,14). The van der Waals surface area contributed by atoms with Gasteiger partial charge in [-0.25, -0.2) is 4.79 Å². The predicted molar refractivity (Wildman–Crippen MR) is 53.9 cm³/mol. The molecule has 0 fully saturated rings. The van der Waals surface area contributed by atoms with E-state index in [0.29, 0.717) is 17.1 Å². The number of aromatic nitrogens is 2. The SMILES string of the molecule is CCOC(=O)c1[nH]c(=S)n2c1CCC2. The maximum atomic E-state index is 11.5. The van der Waals surface area contributed by atoms with Gasteiger partial charge in [-0.2, -0.15) is 0 Å². The molecule has 1 aliphatic heterocycles. The molecule has 4 nitrogen and oxygen atoms in total. The molecule has 2 rings (SSSR count). The first kappa shape index (κ1) is 9.45. The van der Waals surface area contributed by atoms with Crippen LogP contribution >= 0.6 is 12.2 Å². The Bertz CT molecular complexity index is 419. The first-order valence-corrected chi connectivity index (χ1v) is 5.13. The summed E-state index contributed by atoms with van der Waals surface area (Å²) in [5.41, 5.74) is 1.53. The number of hydrogen-bond acceptors (Lipinski definition) is 3. The lowest BCUT2D eigenvalue weighted by Crippen LogP contribution is -2.07. The number of aromatic amines is 1. The molecule has 1 aliphatic rings. The fourth-order valence-electron chi connectivity index (χ4n) is 1.78. The molecule has 0 radical (unpaired) electrons. The summed E-state index contributed by atoms with van der Waals surface area (Å²) in [6.45, 7) is 3.09. The lowest BCUT2D eigenvalue weighted by molar-refractivity contribution is 0.0519. The highest BCUT2D eigenvalue weighted by molar-refractivity contribution is 7.71. The van der Waals surface area contributed by atoms with Crippen molar-refractivity contribution in [2.24, 2.45) is 0 Å². The van der Waals surface area contributed by atoms with E-state index in [1.54, 1.807) is 6.92 Å². The fourth-order valence-corrected chi connectivity index (χ4v) is 2.08. The molecule has 2 heterocycles. The third kappa shape index (κ3) is 1.37. The Balaban J connectivity index is 2.40. The number of ether oxygens (including phenoxy) is 1. The summed E-state index contributed by atoms with van der Waals surface area (Å²) in [6, 6.07) is 0. The van der Waals surface area contributed by atoms with Crippen LogP contribution in [0.1, 0.15) is 29.5 Å². The lowest BCUT2D eigenvalue weighted by Gasteiger charge is -2.00. The molecule has 0 aromatic carbocycles. The van der Waals surface area contributed by atoms with Gasteiger partial charge in [0.1, 0.15) is 5.69 Å². The highest BCUT2D eigenvalue weighted by Gasteiger charge is 2.22. The number of fused-ring (bicyclic) bond motifs is 1. The topological polar surface area (TPSA) is 47.0 Å². The van der Waals surface area contributed by atoms with Gasteiger partial charge in [0.15, 0.2) is 4.77 Å². The van der Waals surface area contributed by atoms with E-state index >= 15 is 0 Å². The minimum atomic E-state index is -0.297. The van der Waals surface area contributed by atoms with Crippen molar-refractivity contribution in [2.75, 3.05) is 6.61 Å². The van der Waals surface area contributed by atoms with E-state index in [9.17, 15) is 4.79 Å². The normalized spacial score (nSPS) is 14.1. The molecule has 76 valence electrons. The van der Waals surface area contributed by atoms with Crippen LogP contribution in [0.2, 0.25) is 0 Å². The number of carbonyl (C=O) groups is 1. The van der Waals surface area contributed by atoms with Crippen LogP contribution in [0.4, 0.5) is 0 Å². The van der Waals surface area contributed by atoms with Gasteiger partial charge in [0.05, 0.1) is 12.3 Å². The molecule has 0 saturated heterocycles. The number of H-pyrrole nitrogens is 1. The molecule has 0 unspecified atom stereocenters. The smallest absolute Gasteiger partial charge is 0.356 e. The fraction of sp³-hybridized carbons (Fsp3) is 0.556. The Labute approximate surface area is 86.9 Å². The molecule has 0 aliphatic carbocycles. The van der Waals surface area contributed by atoms with Crippen LogP contribution in [0.15, 0.2) is 0 Å². The quantitative estimate of drug-likeness (QED) is 0.599. The van der Waals surface area contributed by atoms with Crippen LogP contribution in [-0.4, -0.2) is 22.1 Å². The van der Waals surface area contributed by atoms with Crippen LogP contribution in [0, 0.1) is 4.77 Å². The van der Waals surface area contributed by atoms with Crippen molar-refractivity contribution in [1.29, 1.82) is 0 Å². The van der Waals surface area contributed by atoms with Crippen LogP contribution in [0.25, 0.3) is 0 Å². The van der Waals surface area contributed by atoms with Gasteiger partial charge in [-0.15, -0.1) is 0 Å². The molecule has 0 amide bonds. The summed E-state index contributed by atoms with van der Waals surface area (Å²) in [5.74, 6) is -0.297. The molecular weight excluding hydrogens is 200 g/mol. The van der Waals surface area contributed by atoms with Gasteiger partial charge in [-0.05, 0) is 32.0 Å². The van der Waals surface area contributed by atoms with Gasteiger partial charge < -0.3 is 14.3 Å². The van der Waals surface area contributed by atoms with Gasteiger partial charge in [-0.1, -0.05) is 0 Å². The van der Waals surface area contributed by atoms with E-state index in [2.05, 4.69) is 4.98 Å². The molecule has 0 saturated carbocycles. The van der Waals surface area contributed by atoms with E-state index in [-0.39, 0.29) is 5.97 Å². The van der Waals surface area contributed by atoms with Gasteiger partial charge in [-0.3, -0.25) is 0 Å². The van der Waals surface area contributed by atoms with Crippen LogP contribution in [0.3, 0.4) is 0 Å². The number of nitrogens with one attached hydrogen (secondary N) is 1. The van der Waals surface area contributed by atoms with Gasteiger partial charge >= 0.3 is 5.97 Å². The average molecular weight is 212 g/mol. The van der Waals surface area contributed by atoms with E-state index in [0.717, 1.165) is 25.1 Å². The number of imidazole rings is 1. The molecule has 1 aromatic heterocycles. The van der Waals surface area contributed by atoms with E-state index in [1.807, 2.05) is 4.57 Å². The summed E-state index contributed by atoms with van der Waals surface area (Å²) >= 11 is 5.10. The summed E-state index contributed by atoms with van der Waals surface area (Å²) in [5, 5.41) is 0. The number of nitrogens with zero attached hydrogens (tertiary/aromatic N) is 1. The third-order valence-corrected chi connectivity index (χ3v) is 2.69. The summed E-state index contributed by atoms with van der Waals surface area (Å²) < 4.78 is 7.54. The summed E-state index contributed by atoms with van der Waals surface area (Å²) in [6.07, 6.45) is 1.96. The predicted octanol–water partition coefficient (Wildman–Crippen LogP) is 1.67. The van der Waals surface area contributed by atoms with E-state index < -0.39 is 0 Å². The van der Waals surface area contributed by atoms with E-state index in [1.165, 1.54) is 0 Å². The second kappa shape index (κ2) is 3.57. The average Bonchev–Trinajstić information content (AvgIpc) is 2.70. The lowest BCUT2D eigenvalue weighted by atomic mass is 10.2. The van der Waals surface area contributed by atoms with Crippen LogP contribution in [-0.2, 0) is 17.7 Å². The van der Waals surface area contributed by atoms with Crippen molar-refractivity contribution in [3.63, 3.8) is 0 Å². The summed E-state index contributed by atoms with van der Waals surface area (Å²) in [7, 11) is 0. The Morgan fingerprint density at radius 1 is 1.71 bits per heavy atom. The van der Waals surface area contributed by atoms with Crippen LogP contribution in [0.5, 0.6) is 0 Å². The first-order valence-electron chi connectivity index (χ1n) is 4.73. The number of esters is 1. The third-order valence-electron chi connectivity index (χ3n) is 2.37. The second-order valence-corrected chi connectivity index (χ2v) is 3.61. The monoisotopic (exact) mass is 212 g/mol. The Hall–Kier alpha value is -1.10. The first-order chi connectivity index (χ1) is 6.74. The largest absolute Gasteiger partial charge is 0.461 e. The second-order valence-electron chi connectivity index (χ2n) is 3.23. The summed E-state index contributed by atoms with van der Waals surface area (Å²) in [4.78, 5) is 14.4. The highest BCUT2D eigenvalue weighted by Crippen LogP contribution is 2.19. The Morgan fingerprint density at radius 3 is 3.21 bits per heavy atom.